The number of hydrogen-bond donors (Lipinski definition) is 0. The van der Waals surface area contributed by atoms with Crippen molar-refractivity contribution in [2.45, 2.75) is 25.7 Å². The molecule has 4 nitrogen and oxygen atoms in total. The van der Waals surface area contributed by atoms with Gasteiger partial charge in [-0.05, 0) is 31.0 Å². The van der Waals surface area contributed by atoms with Gasteiger partial charge in [0.1, 0.15) is 5.75 Å². The van der Waals surface area contributed by atoms with Gasteiger partial charge in [-0.15, -0.1) is 0 Å². The Morgan fingerprint density at radius 2 is 2.15 bits per heavy atom. The van der Waals surface area contributed by atoms with Crippen LogP contribution in [-0.2, 0) is 4.79 Å². The van der Waals surface area contributed by atoms with Crippen molar-refractivity contribution in [3.8, 4) is 5.75 Å². The second-order valence-electron chi connectivity index (χ2n) is 4.90. The second kappa shape index (κ2) is 6.75. The molecule has 1 saturated heterocycles. The summed E-state index contributed by atoms with van der Waals surface area (Å²) in [7, 11) is 1.53. The molecule has 0 spiro atoms. The van der Waals surface area contributed by atoms with Crippen LogP contribution >= 0.6 is 11.6 Å². The SMILES string of the molecule is COc1ccc(C(=O)CN2CCCCCC2=O)cc1Cl. The molecule has 108 valence electrons. The number of nitrogens with zero attached hydrogens (tertiary/aromatic N) is 1. The normalized spacial score (nSPS) is 15.9. The van der Waals surface area contributed by atoms with E-state index in [2.05, 4.69) is 0 Å². The molecule has 0 aromatic heterocycles. The third kappa shape index (κ3) is 3.51. The highest BCUT2D eigenvalue weighted by atomic mass is 35.5. The molecule has 1 aromatic carbocycles. The van der Waals surface area contributed by atoms with Gasteiger partial charge in [-0.25, -0.2) is 0 Å². The Morgan fingerprint density at radius 1 is 1.35 bits per heavy atom. The molecule has 5 heteroatoms. The van der Waals surface area contributed by atoms with E-state index < -0.39 is 0 Å². The Hall–Kier alpha value is -1.55. The average Bonchev–Trinajstić information content (AvgIpc) is 2.64. The fraction of sp³-hybridized carbons (Fsp3) is 0.467. The number of carbonyl (C=O) groups is 2. The molecule has 0 saturated carbocycles. The molecule has 1 aliphatic rings. The quantitative estimate of drug-likeness (QED) is 0.802. The lowest BCUT2D eigenvalue weighted by Crippen LogP contribution is -2.35. The molecule has 0 aliphatic carbocycles. The van der Waals surface area contributed by atoms with Crippen LogP contribution in [0.4, 0.5) is 0 Å². The molecule has 1 aliphatic heterocycles. The van der Waals surface area contributed by atoms with Crippen molar-refractivity contribution in [1.82, 2.24) is 4.90 Å². The van der Waals surface area contributed by atoms with Crippen LogP contribution in [0.1, 0.15) is 36.0 Å². The van der Waals surface area contributed by atoms with Gasteiger partial charge in [0.2, 0.25) is 5.91 Å². The molecule has 0 atom stereocenters. The summed E-state index contributed by atoms with van der Waals surface area (Å²) < 4.78 is 5.06. The first-order valence-electron chi connectivity index (χ1n) is 6.76. The van der Waals surface area contributed by atoms with Gasteiger partial charge in [0.25, 0.3) is 0 Å². The lowest BCUT2D eigenvalue weighted by molar-refractivity contribution is -0.130. The standard InChI is InChI=1S/C15H18ClNO3/c1-20-14-7-6-11(9-12(14)16)13(18)10-17-8-4-2-3-5-15(17)19/h6-7,9H,2-5,8,10H2,1H3. The lowest BCUT2D eigenvalue weighted by Gasteiger charge is -2.19. The molecule has 1 amide bonds. The largest absolute Gasteiger partial charge is 0.495 e. The maximum Gasteiger partial charge on any atom is 0.222 e. The molecular weight excluding hydrogens is 278 g/mol. The molecule has 0 radical (unpaired) electrons. The number of hydrogen-bond acceptors (Lipinski definition) is 3. The molecule has 1 heterocycles. The minimum absolute atomic E-state index is 0.0652. The Morgan fingerprint density at radius 3 is 2.85 bits per heavy atom. The molecule has 1 aromatic rings. The average molecular weight is 296 g/mol. The van der Waals surface area contributed by atoms with Crippen molar-refractivity contribution >= 4 is 23.3 Å². The van der Waals surface area contributed by atoms with Crippen LogP contribution in [0.15, 0.2) is 18.2 Å². The number of carbonyl (C=O) groups excluding carboxylic acids is 2. The predicted octanol–water partition coefficient (Wildman–Crippen LogP) is 2.93. The van der Waals surface area contributed by atoms with E-state index in [4.69, 9.17) is 16.3 Å². The fourth-order valence-corrected chi connectivity index (χ4v) is 2.57. The summed E-state index contributed by atoms with van der Waals surface area (Å²) in [5.74, 6) is 0.509. The number of rotatable bonds is 4. The first kappa shape index (κ1) is 14.9. The van der Waals surface area contributed by atoms with E-state index in [0.29, 0.717) is 29.3 Å². The van der Waals surface area contributed by atoms with Crippen LogP contribution in [-0.4, -0.2) is 36.8 Å². The topological polar surface area (TPSA) is 46.6 Å². The number of ketones is 1. The number of benzene rings is 1. The summed E-state index contributed by atoms with van der Waals surface area (Å²) in [4.78, 5) is 25.8. The van der Waals surface area contributed by atoms with E-state index in [1.54, 1.807) is 23.1 Å². The number of likely N-dealkylation sites (tertiary alicyclic amines) is 1. The summed E-state index contributed by atoms with van der Waals surface area (Å²) in [5.41, 5.74) is 0.507. The number of amides is 1. The Kier molecular flexibility index (Phi) is 5.01. The fourth-order valence-electron chi connectivity index (χ4n) is 2.31. The zero-order valence-corrected chi connectivity index (χ0v) is 12.3. The summed E-state index contributed by atoms with van der Waals surface area (Å²) in [6.07, 6.45) is 3.46. The number of Topliss-reactive ketones (excluding diaryl/α,β-unsaturated/α-hetero) is 1. The van der Waals surface area contributed by atoms with Gasteiger partial charge in [-0.1, -0.05) is 18.0 Å². The second-order valence-corrected chi connectivity index (χ2v) is 5.31. The van der Waals surface area contributed by atoms with Crippen molar-refractivity contribution in [1.29, 1.82) is 0 Å². The monoisotopic (exact) mass is 295 g/mol. The smallest absolute Gasteiger partial charge is 0.222 e. The predicted molar refractivity (Wildman–Crippen MR) is 77.4 cm³/mol. The van der Waals surface area contributed by atoms with E-state index in [-0.39, 0.29) is 18.2 Å². The van der Waals surface area contributed by atoms with Crippen LogP contribution in [0.2, 0.25) is 5.02 Å². The highest BCUT2D eigenvalue weighted by molar-refractivity contribution is 6.32. The molecule has 1 fully saturated rings. The van der Waals surface area contributed by atoms with Gasteiger partial charge in [0.05, 0.1) is 18.7 Å². The van der Waals surface area contributed by atoms with Gasteiger partial charge < -0.3 is 9.64 Å². The summed E-state index contributed by atoms with van der Waals surface area (Å²) in [6, 6.07) is 4.93. The van der Waals surface area contributed by atoms with Crippen LogP contribution < -0.4 is 4.74 Å². The highest BCUT2D eigenvalue weighted by Crippen LogP contribution is 2.25. The van der Waals surface area contributed by atoms with Crippen LogP contribution in [0.25, 0.3) is 0 Å². The van der Waals surface area contributed by atoms with Gasteiger partial charge in [-0.2, -0.15) is 0 Å². The van der Waals surface area contributed by atoms with E-state index in [1.807, 2.05) is 0 Å². The van der Waals surface area contributed by atoms with Crippen LogP contribution in [0, 0.1) is 0 Å². The van der Waals surface area contributed by atoms with E-state index >= 15 is 0 Å². The Labute approximate surface area is 123 Å². The zero-order chi connectivity index (χ0) is 14.5. The van der Waals surface area contributed by atoms with E-state index in [1.165, 1.54) is 7.11 Å². The molecule has 2 rings (SSSR count). The minimum atomic E-state index is -0.0928. The van der Waals surface area contributed by atoms with Gasteiger partial charge in [0.15, 0.2) is 5.78 Å². The van der Waals surface area contributed by atoms with E-state index in [9.17, 15) is 9.59 Å². The van der Waals surface area contributed by atoms with Crippen LogP contribution in [0.3, 0.4) is 0 Å². The minimum Gasteiger partial charge on any atom is -0.495 e. The number of methoxy groups -OCH3 is 1. The Bertz CT molecular complexity index is 516. The third-order valence-corrected chi connectivity index (χ3v) is 3.77. The zero-order valence-electron chi connectivity index (χ0n) is 11.5. The van der Waals surface area contributed by atoms with E-state index in [0.717, 1.165) is 19.3 Å². The molecule has 0 unspecified atom stereocenters. The summed E-state index contributed by atoms with van der Waals surface area (Å²) >= 11 is 6.01. The Balaban J connectivity index is 2.07. The lowest BCUT2D eigenvalue weighted by atomic mass is 10.1. The van der Waals surface area contributed by atoms with Crippen molar-refractivity contribution in [3.05, 3.63) is 28.8 Å². The number of halogens is 1. The van der Waals surface area contributed by atoms with Crippen LogP contribution in [0.5, 0.6) is 5.75 Å². The first-order chi connectivity index (χ1) is 9.61. The van der Waals surface area contributed by atoms with Gasteiger partial charge in [0, 0.05) is 18.5 Å². The molecule has 0 bridgehead atoms. The number of ether oxygens (including phenoxy) is 1. The van der Waals surface area contributed by atoms with Gasteiger partial charge >= 0.3 is 0 Å². The molecule has 20 heavy (non-hydrogen) atoms. The summed E-state index contributed by atoms with van der Waals surface area (Å²) in [5, 5.41) is 0.403. The van der Waals surface area contributed by atoms with Gasteiger partial charge in [-0.3, -0.25) is 9.59 Å². The molecular formula is C15H18ClNO3. The third-order valence-electron chi connectivity index (χ3n) is 3.48. The summed E-state index contributed by atoms with van der Waals surface area (Å²) in [6.45, 7) is 0.788. The first-order valence-corrected chi connectivity index (χ1v) is 7.14. The van der Waals surface area contributed by atoms with Crippen molar-refractivity contribution in [3.63, 3.8) is 0 Å². The van der Waals surface area contributed by atoms with Crippen molar-refractivity contribution < 1.29 is 14.3 Å². The maximum absolute atomic E-state index is 12.2. The maximum atomic E-state index is 12.2. The van der Waals surface area contributed by atoms with Crippen molar-refractivity contribution in [2.75, 3.05) is 20.2 Å². The molecule has 0 N–H and O–H groups in total. The highest BCUT2D eigenvalue weighted by Gasteiger charge is 2.20. The van der Waals surface area contributed by atoms with Crippen molar-refractivity contribution in [2.24, 2.45) is 0 Å².